The smallest absolute Gasteiger partial charge is 0.225 e. The van der Waals surface area contributed by atoms with Gasteiger partial charge in [-0.2, -0.15) is 0 Å². The van der Waals surface area contributed by atoms with Gasteiger partial charge in [-0.3, -0.25) is 9.59 Å². The Morgan fingerprint density at radius 2 is 1.90 bits per heavy atom. The fraction of sp³-hybridized carbons (Fsp3) is 0.565. The predicted molar refractivity (Wildman–Crippen MR) is 117 cm³/mol. The Morgan fingerprint density at radius 3 is 2.55 bits per heavy atom. The Hall–Kier alpha value is -1.85. The zero-order valence-electron chi connectivity index (χ0n) is 17.0. The highest BCUT2D eigenvalue weighted by atomic mass is 35.5. The van der Waals surface area contributed by atoms with Gasteiger partial charge in [0, 0.05) is 50.0 Å². The van der Waals surface area contributed by atoms with Crippen LogP contribution in [0.3, 0.4) is 0 Å². The summed E-state index contributed by atoms with van der Waals surface area (Å²) in [5, 5.41) is 0. The van der Waals surface area contributed by atoms with E-state index in [-0.39, 0.29) is 41.6 Å². The summed E-state index contributed by atoms with van der Waals surface area (Å²) in [5.41, 5.74) is 7.19. The minimum Gasteiger partial charge on any atom is -0.342 e. The van der Waals surface area contributed by atoms with Crippen LogP contribution in [0.5, 0.6) is 0 Å². The lowest BCUT2D eigenvalue weighted by molar-refractivity contribution is -0.137. The molecule has 158 valence electrons. The molecule has 3 fully saturated rings. The normalized spacial score (nSPS) is 26.3. The quantitative estimate of drug-likeness (QED) is 0.818. The zero-order valence-corrected chi connectivity index (χ0v) is 17.8. The number of carbonyl (C=O) groups is 2. The van der Waals surface area contributed by atoms with E-state index < -0.39 is 0 Å². The standard InChI is InChI=1S/C23H31N3O2.ClH/c24-20-9-8-19(15-20)22(28)25-13-10-23(11-14-25)16-21(27)26(17-23)12-4-7-18-5-2-1-3-6-18;/h1-7,19-20H,8-17,24H2;1H/t19-,20+;/m0./s1. The second-order valence-corrected chi connectivity index (χ2v) is 8.86. The number of halogens is 1. The van der Waals surface area contributed by atoms with Crippen LogP contribution in [0.1, 0.15) is 44.1 Å². The van der Waals surface area contributed by atoms with Crippen molar-refractivity contribution in [3.05, 3.63) is 42.0 Å². The van der Waals surface area contributed by atoms with Gasteiger partial charge in [0.05, 0.1) is 0 Å². The SMILES string of the molecule is Cl.N[C@@H]1CC[C@H](C(=O)N2CCC3(CC2)CC(=O)N(CC=Cc2ccccc2)C3)C1. The van der Waals surface area contributed by atoms with Crippen LogP contribution in [0, 0.1) is 11.3 Å². The summed E-state index contributed by atoms with van der Waals surface area (Å²) >= 11 is 0. The van der Waals surface area contributed by atoms with Crippen LogP contribution < -0.4 is 5.73 Å². The van der Waals surface area contributed by atoms with Crippen molar-refractivity contribution in [2.24, 2.45) is 17.1 Å². The van der Waals surface area contributed by atoms with E-state index in [1.54, 1.807) is 0 Å². The molecular weight excluding hydrogens is 386 g/mol. The van der Waals surface area contributed by atoms with E-state index in [0.29, 0.717) is 13.0 Å². The lowest BCUT2D eigenvalue weighted by Gasteiger charge is -2.39. The predicted octanol–water partition coefficient (Wildman–Crippen LogP) is 3.09. The highest BCUT2D eigenvalue weighted by Crippen LogP contribution is 2.41. The van der Waals surface area contributed by atoms with E-state index in [4.69, 9.17) is 5.73 Å². The number of rotatable bonds is 4. The first-order valence-corrected chi connectivity index (χ1v) is 10.6. The first-order valence-electron chi connectivity index (χ1n) is 10.6. The van der Waals surface area contributed by atoms with Crippen molar-refractivity contribution in [3.63, 3.8) is 0 Å². The van der Waals surface area contributed by atoms with Crippen LogP contribution >= 0.6 is 12.4 Å². The summed E-state index contributed by atoms with van der Waals surface area (Å²) < 4.78 is 0. The highest BCUT2D eigenvalue weighted by molar-refractivity contribution is 5.85. The molecule has 2 atom stereocenters. The van der Waals surface area contributed by atoms with Gasteiger partial charge in [0.25, 0.3) is 0 Å². The molecule has 0 aromatic heterocycles. The fourth-order valence-corrected chi connectivity index (χ4v) is 5.06. The van der Waals surface area contributed by atoms with Crippen LogP contribution in [0.4, 0.5) is 0 Å². The largest absolute Gasteiger partial charge is 0.342 e. The summed E-state index contributed by atoms with van der Waals surface area (Å²) in [4.78, 5) is 29.3. The third-order valence-electron chi connectivity index (χ3n) is 6.80. The van der Waals surface area contributed by atoms with Gasteiger partial charge in [-0.05, 0) is 37.7 Å². The first kappa shape index (κ1) is 21.8. The monoisotopic (exact) mass is 417 g/mol. The minimum atomic E-state index is 0. The summed E-state index contributed by atoms with van der Waals surface area (Å²) in [7, 11) is 0. The van der Waals surface area contributed by atoms with Gasteiger partial charge < -0.3 is 15.5 Å². The van der Waals surface area contributed by atoms with Crippen molar-refractivity contribution in [2.75, 3.05) is 26.2 Å². The second kappa shape index (κ2) is 9.31. The molecule has 0 unspecified atom stereocenters. The number of benzene rings is 1. The molecule has 29 heavy (non-hydrogen) atoms. The summed E-state index contributed by atoms with van der Waals surface area (Å²) in [6, 6.07) is 10.4. The fourth-order valence-electron chi connectivity index (χ4n) is 5.06. The first-order chi connectivity index (χ1) is 13.5. The molecule has 2 heterocycles. The summed E-state index contributed by atoms with van der Waals surface area (Å²) in [6.45, 7) is 3.05. The zero-order chi connectivity index (χ0) is 19.6. The lowest BCUT2D eigenvalue weighted by Crippen LogP contribution is -2.46. The molecule has 2 aliphatic heterocycles. The number of amides is 2. The van der Waals surface area contributed by atoms with Gasteiger partial charge >= 0.3 is 0 Å². The maximum absolute atomic E-state index is 12.7. The molecule has 0 bridgehead atoms. The number of nitrogens with two attached hydrogens (primary N) is 1. The lowest BCUT2D eigenvalue weighted by atomic mass is 9.77. The third kappa shape index (κ3) is 5.01. The molecule has 1 saturated carbocycles. The Kier molecular flexibility index (Phi) is 7.01. The van der Waals surface area contributed by atoms with E-state index in [1.165, 1.54) is 0 Å². The average Bonchev–Trinajstić information content (AvgIpc) is 3.26. The molecular formula is C23H32ClN3O2. The van der Waals surface area contributed by atoms with Gasteiger partial charge in [-0.25, -0.2) is 0 Å². The van der Waals surface area contributed by atoms with E-state index in [9.17, 15) is 9.59 Å². The minimum absolute atomic E-state index is 0. The van der Waals surface area contributed by atoms with Crippen LogP contribution in [-0.4, -0.2) is 53.8 Å². The van der Waals surface area contributed by atoms with Crippen molar-refractivity contribution in [2.45, 2.75) is 44.6 Å². The molecule has 2 N–H and O–H groups in total. The molecule has 1 spiro atoms. The molecule has 2 amide bonds. The molecule has 1 aromatic carbocycles. The van der Waals surface area contributed by atoms with Crippen molar-refractivity contribution in [1.82, 2.24) is 9.80 Å². The van der Waals surface area contributed by atoms with Crippen LogP contribution in [0.25, 0.3) is 6.08 Å². The number of likely N-dealkylation sites (tertiary alicyclic amines) is 2. The summed E-state index contributed by atoms with van der Waals surface area (Å²) in [6.07, 6.45) is 9.38. The Labute approximate surface area is 179 Å². The molecule has 6 heteroatoms. The summed E-state index contributed by atoms with van der Waals surface area (Å²) in [5.74, 6) is 0.655. The number of hydrogen-bond donors (Lipinski definition) is 1. The molecule has 4 rings (SSSR count). The van der Waals surface area contributed by atoms with Crippen LogP contribution in [0.15, 0.2) is 36.4 Å². The Morgan fingerprint density at radius 1 is 1.17 bits per heavy atom. The Balaban J connectivity index is 0.00000240. The number of piperidine rings is 1. The molecule has 0 radical (unpaired) electrons. The highest BCUT2D eigenvalue weighted by Gasteiger charge is 2.45. The van der Waals surface area contributed by atoms with E-state index in [2.05, 4.69) is 24.3 Å². The number of hydrogen-bond acceptors (Lipinski definition) is 3. The van der Waals surface area contributed by atoms with E-state index in [1.807, 2.05) is 28.0 Å². The molecule has 1 aliphatic carbocycles. The molecule has 5 nitrogen and oxygen atoms in total. The molecule has 3 aliphatic rings. The maximum atomic E-state index is 12.7. The van der Waals surface area contributed by atoms with Gasteiger partial charge in [-0.1, -0.05) is 42.5 Å². The molecule has 1 aromatic rings. The van der Waals surface area contributed by atoms with E-state index in [0.717, 1.165) is 57.3 Å². The number of carbonyl (C=O) groups excluding carboxylic acids is 2. The van der Waals surface area contributed by atoms with Gasteiger partial charge in [0.1, 0.15) is 0 Å². The van der Waals surface area contributed by atoms with Crippen LogP contribution in [0.2, 0.25) is 0 Å². The van der Waals surface area contributed by atoms with Crippen molar-refractivity contribution in [1.29, 1.82) is 0 Å². The average molecular weight is 418 g/mol. The number of nitrogens with zero attached hydrogens (tertiary/aromatic N) is 2. The third-order valence-corrected chi connectivity index (χ3v) is 6.80. The van der Waals surface area contributed by atoms with E-state index >= 15 is 0 Å². The van der Waals surface area contributed by atoms with Crippen molar-refractivity contribution in [3.8, 4) is 0 Å². The topological polar surface area (TPSA) is 66.6 Å². The molecule has 2 saturated heterocycles. The van der Waals surface area contributed by atoms with Crippen molar-refractivity contribution >= 4 is 30.3 Å². The van der Waals surface area contributed by atoms with Gasteiger partial charge in [0.2, 0.25) is 11.8 Å². The van der Waals surface area contributed by atoms with Gasteiger partial charge in [-0.15, -0.1) is 12.4 Å². The maximum Gasteiger partial charge on any atom is 0.225 e. The van der Waals surface area contributed by atoms with Crippen molar-refractivity contribution < 1.29 is 9.59 Å². The second-order valence-electron chi connectivity index (χ2n) is 8.86. The van der Waals surface area contributed by atoms with Crippen LogP contribution in [-0.2, 0) is 9.59 Å². The Bertz CT molecular complexity index is 744. The van der Waals surface area contributed by atoms with Gasteiger partial charge in [0.15, 0.2) is 0 Å².